The number of hydrogen-bond donors (Lipinski definition) is 3. The van der Waals surface area contributed by atoms with Crippen LogP contribution in [0.25, 0.3) is 11.4 Å². The fourth-order valence-corrected chi connectivity index (χ4v) is 5.18. The fraction of sp³-hybridized carbons (Fsp3) is 0.450. The molecule has 156 valence electrons. The van der Waals surface area contributed by atoms with Crippen molar-refractivity contribution in [3.63, 3.8) is 0 Å². The number of benzene rings is 1. The van der Waals surface area contributed by atoms with Gasteiger partial charge in [-0.25, -0.2) is 23.2 Å². The average molecular weight is 418 g/mol. The lowest BCUT2D eigenvalue weighted by Gasteiger charge is -2.19. The van der Waals surface area contributed by atoms with Gasteiger partial charge in [0.2, 0.25) is 0 Å². The summed E-state index contributed by atoms with van der Waals surface area (Å²) in [7, 11) is -3.36. The highest BCUT2D eigenvalue weighted by Gasteiger charge is 2.58. The molecule has 1 aliphatic carbocycles. The van der Waals surface area contributed by atoms with E-state index >= 15 is 0 Å². The monoisotopic (exact) mass is 417 g/mol. The molecule has 0 radical (unpaired) electrons. The number of carbonyl (C=O) groups is 1. The van der Waals surface area contributed by atoms with Crippen molar-refractivity contribution in [1.29, 1.82) is 0 Å². The number of nitrogen functional groups attached to an aromatic ring is 1. The van der Waals surface area contributed by atoms with E-state index < -0.39 is 19.8 Å². The van der Waals surface area contributed by atoms with Crippen molar-refractivity contribution in [1.82, 2.24) is 15.3 Å². The molecule has 0 saturated heterocycles. The second-order valence-corrected chi connectivity index (χ2v) is 10.7. The highest BCUT2D eigenvalue weighted by Crippen LogP contribution is 2.54. The second kappa shape index (κ2) is 7.62. The minimum atomic E-state index is -3.36. The van der Waals surface area contributed by atoms with Crippen molar-refractivity contribution >= 4 is 27.4 Å². The summed E-state index contributed by atoms with van der Waals surface area (Å²) in [4.78, 5) is 20.6. The Morgan fingerprint density at radius 3 is 2.24 bits per heavy atom. The first-order valence-corrected chi connectivity index (χ1v) is 11.2. The first-order valence-electron chi connectivity index (χ1n) is 9.61. The molecule has 1 fully saturated rings. The van der Waals surface area contributed by atoms with Gasteiger partial charge in [0.15, 0.2) is 15.7 Å². The van der Waals surface area contributed by atoms with E-state index in [0.29, 0.717) is 35.6 Å². The predicted molar refractivity (Wildman–Crippen MR) is 114 cm³/mol. The van der Waals surface area contributed by atoms with E-state index in [-0.39, 0.29) is 17.9 Å². The van der Waals surface area contributed by atoms with Crippen LogP contribution in [0.3, 0.4) is 0 Å². The van der Waals surface area contributed by atoms with Crippen LogP contribution in [0.1, 0.15) is 46.2 Å². The number of nitrogens with zero attached hydrogens (tertiary/aromatic N) is 2. The maximum atomic E-state index is 12.9. The van der Waals surface area contributed by atoms with Crippen molar-refractivity contribution in [2.45, 2.75) is 56.6 Å². The van der Waals surface area contributed by atoms with E-state index in [1.54, 1.807) is 44.2 Å². The van der Waals surface area contributed by atoms with Crippen LogP contribution in [0.5, 0.6) is 0 Å². The quantitative estimate of drug-likeness (QED) is 0.663. The van der Waals surface area contributed by atoms with Crippen molar-refractivity contribution in [2.75, 3.05) is 11.1 Å². The molecule has 1 aliphatic rings. The van der Waals surface area contributed by atoms with Crippen LogP contribution in [0.2, 0.25) is 0 Å². The number of carbonyl (C=O) groups excluding carboxylic acids is 1. The van der Waals surface area contributed by atoms with Gasteiger partial charge in [-0.1, -0.05) is 0 Å². The molecule has 0 atom stereocenters. The normalized spacial score (nSPS) is 15.4. The van der Waals surface area contributed by atoms with Crippen LogP contribution in [-0.4, -0.2) is 35.7 Å². The lowest BCUT2D eigenvalue weighted by atomic mass is 10.1. The lowest BCUT2D eigenvalue weighted by molar-refractivity contribution is 0.250. The van der Waals surface area contributed by atoms with Crippen molar-refractivity contribution in [3.8, 4) is 11.4 Å². The van der Waals surface area contributed by atoms with Crippen LogP contribution < -0.4 is 16.4 Å². The molecule has 0 spiro atoms. The van der Waals surface area contributed by atoms with Gasteiger partial charge in [-0.05, 0) is 64.8 Å². The number of anilines is 2. The van der Waals surface area contributed by atoms with E-state index in [0.717, 1.165) is 0 Å². The van der Waals surface area contributed by atoms with E-state index in [2.05, 4.69) is 20.6 Å². The Morgan fingerprint density at radius 1 is 1.10 bits per heavy atom. The number of sulfone groups is 1. The number of urea groups is 1. The van der Waals surface area contributed by atoms with E-state index in [1.165, 1.54) is 0 Å². The summed E-state index contributed by atoms with van der Waals surface area (Å²) in [6.45, 7) is 7.12. The summed E-state index contributed by atoms with van der Waals surface area (Å²) in [5.41, 5.74) is 7.73. The SMILES string of the molecule is CC(C)NC(=O)Nc1ccc(-c2nc(N)cc(C3(S(=O)(=O)C(C)C)CC3)n2)cc1. The molecule has 29 heavy (non-hydrogen) atoms. The molecule has 2 amide bonds. The topological polar surface area (TPSA) is 127 Å². The molecule has 4 N–H and O–H groups in total. The van der Waals surface area contributed by atoms with Crippen LogP contribution in [-0.2, 0) is 14.6 Å². The van der Waals surface area contributed by atoms with E-state index in [1.807, 2.05) is 13.8 Å². The van der Waals surface area contributed by atoms with Crippen molar-refractivity contribution in [2.24, 2.45) is 0 Å². The summed E-state index contributed by atoms with van der Waals surface area (Å²) in [5.74, 6) is 0.595. The highest BCUT2D eigenvalue weighted by atomic mass is 32.2. The fourth-order valence-electron chi connectivity index (χ4n) is 3.21. The zero-order valence-corrected chi connectivity index (χ0v) is 17.9. The molecule has 1 heterocycles. The summed E-state index contributed by atoms with van der Waals surface area (Å²) >= 11 is 0. The predicted octanol–water partition coefficient (Wildman–Crippen LogP) is 3.07. The Kier molecular flexibility index (Phi) is 5.53. The lowest BCUT2D eigenvalue weighted by Crippen LogP contribution is -2.34. The first-order chi connectivity index (χ1) is 13.5. The Labute approximate surface area is 171 Å². The van der Waals surface area contributed by atoms with Gasteiger partial charge in [-0.3, -0.25) is 0 Å². The minimum absolute atomic E-state index is 0.0326. The number of amides is 2. The van der Waals surface area contributed by atoms with Crippen LogP contribution >= 0.6 is 0 Å². The van der Waals surface area contributed by atoms with Gasteiger partial charge in [-0.2, -0.15) is 0 Å². The smallest absolute Gasteiger partial charge is 0.319 e. The van der Waals surface area contributed by atoms with Gasteiger partial charge >= 0.3 is 6.03 Å². The molecular formula is C20H27N5O3S. The van der Waals surface area contributed by atoms with Gasteiger partial charge in [0.25, 0.3) is 0 Å². The largest absolute Gasteiger partial charge is 0.384 e. The van der Waals surface area contributed by atoms with Gasteiger partial charge in [0, 0.05) is 23.4 Å². The van der Waals surface area contributed by atoms with Gasteiger partial charge in [-0.15, -0.1) is 0 Å². The van der Waals surface area contributed by atoms with Crippen LogP contribution in [0, 0.1) is 0 Å². The highest BCUT2D eigenvalue weighted by molar-refractivity contribution is 7.93. The molecule has 0 aliphatic heterocycles. The third-order valence-corrected chi connectivity index (χ3v) is 7.85. The van der Waals surface area contributed by atoms with Gasteiger partial charge in [0.05, 0.1) is 10.9 Å². The van der Waals surface area contributed by atoms with Crippen LogP contribution in [0.15, 0.2) is 30.3 Å². The third kappa shape index (κ3) is 4.19. The second-order valence-electron chi connectivity index (χ2n) is 7.92. The number of nitrogens with one attached hydrogen (secondary N) is 2. The molecule has 1 aromatic heterocycles. The summed E-state index contributed by atoms with van der Waals surface area (Å²) in [6, 6.07) is 8.30. The molecule has 3 rings (SSSR count). The summed E-state index contributed by atoms with van der Waals surface area (Å²) in [6.07, 6.45) is 1.08. The molecule has 1 saturated carbocycles. The van der Waals surface area contributed by atoms with Crippen molar-refractivity contribution in [3.05, 3.63) is 36.0 Å². The zero-order valence-electron chi connectivity index (χ0n) is 17.1. The van der Waals surface area contributed by atoms with Gasteiger partial charge in [0.1, 0.15) is 10.6 Å². The molecule has 1 aromatic carbocycles. The molecule has 0 bridgehead atoms. The molecular weight excluding hydrogens is 390 g/mol. The molecule has 2 aromatic rings. The standard InChI is InChI=1S/C20H27N5O3S/c1-12(2)22-19(26)23-15-7-5-14(6-8-15)18-24-16(11-17(21)25-18)20(9-10-20)29(27,28)13(3)4/h5-8,11-13H,9-10H2,1-4H3,(H2,21,24,25)(H2,22,23,26). The van der Waals surface area contributed by atoms with Crippen LogP contribution in [0.4, 0.5) is 16.3 Å². The van der Waals surface area contributed by atoms with Crippen molar-refractivity contribution < 1.29 is 13.2 Å². The minimum Gasteiger partial charge on any atom is -0.384 e. The average Bonchev–Trinajstić information content (AvgIpc) is 3.43. The Balaban J connectivity index is 1.88. The maximum Gasteiger partial charge on any atom is 0.319 e. The van der Waals surface area contributed by atoms with Gasteiger partial charge < -0.3 is 16.4 Å². The Hall–Kier alpha value is -2.68. The number of aromatic nitrogens is 2. The third-order valence-electron chi connectivity index (χ3n) is 4.90. The van der Waals surface area contributed by atoms with E-state index in [9.17, 15) is 13.2 Å². The number of rotatable bonds is 6. The Bertz CT molecular complexity index is 1010. The first kappa shape index (κ1) is 21.0. The number of nitrogens with two attached hydrogens (primary N) is 1. The molecule has 0 unspecified atom stereocenters. The number of hydrogen-bond acceptors (Lipinski definition) is 6. The summed E-state index contributed by atoms with van der Waals surface area (Å²) < 4.78 is 24.7. The molecule has 8 nitrogen and oxygen atoms in total. The zero-order chi connectivity index (χ0) is 21.4. The Morgan fingerprint density at radius 2 is 1.72 bits per heavy atom. The maximum absolute atomic E-state index is 12.9. The summed E-state index contributed by atoms with van der Waals surface area (Å²) in [5, 5.41) is 5.00. The van der Waals surface area contributed by atoms with E-state index in [4.69, 9.17) is 5.73 Å². The molecule has 9 heteroatoms.